The highest BCUT2D eigenvalue weighted by Gasteiger charge is 2.10. The Morgan fingerprint density at radius 1 is 1.50 bits per heavy atom. The molecule has 0 aliphatic heterocycles. The summed E-state index contributed by atoms with van der Waals surface area (Å²) in [5, 5.41) is -0.567. The van der Waals surface area contributed by atoms with Gasteiger partial charge in [0.2, 0.25) is 0 Å². The predicted molar refractivity (Wildman–Crippen MR) is 47.4 cm³/mol. The van der Waals surface area contributed by atoms with Crippen LogP contribution in [0.5, 0.6) is 0 Å². The molecule has 0 fully saturated rings. The van der Waals surface area contributed by atoms with E-state index in [1.165, 1.54) is 0 Å². The van der Waals surface area contributed by atoms with Gasteiger partial charge in [-0.05, 0) is 13.8 Å². The van der Waals surface area contributed by atoms with Gasteiger partial charge < -0.3 is 9.47 Å². The number of rotatable bonds is 5. The van der Waals surface area contributed by atoms with Crippen molar-refractivity contribution >= 4 is 17.6 Å². The Kier molecular flexibility index (Phi) is 6.11. The van der Waals surface area contributed by atoms with E-state index in [0.717, 1.165) is 0 Å². The molecule has 0 radical (unpaired) electrons. The molecule has 0 bridgehead atoms. The third kappa shape index (κ3) is 5.38. The van der Waals surface area contributed by atoms with Crippen molar-refractivity contribution < 1.29 is 14.3 Å². The van der Waals surface area contributed by atoms with E-state index in [2.05, 4.69) is 0 Å². The van der Waals surface area contributed by atoms with Gasteiger partial charge >= 0.3 is 5.97 Å². The number of alkyl halides is 1. The summed E-state index contributed by atoms with van der Waals surface area (Å²) < 4.78 is 9.79. The van der Waals surface area contributed by atoms with Crippen molar-refractivity contribution in [2.24, 2.45) is 0 Å². The molecule has 0 aromatic rings. The van der Waals surface area contributed by atoms with E-state index in [9.17, 15) is 4.79 Å². The van der Waals surface area contributed by atoms with Crippen molar-refractivity contribution in [1.82, 2.24) is 0 Å². The van der Waals surface area contributed by atoms with E-state index >= 15 is 0 Å². The van der Waals surface area contributed by atoms with Gasteiger partial charge in [-0.15, -0.1) is 11.6 Å². The number of methoxy groups -OCH3 is 1. The van der Waals surface area contributed by atoms with Gasteiger partial charge in [0.1, 0.15) is 5.38 Å². The minimum Gasteiger partial charge on any atom is -0.464 e. The third-order valence-corrected chi connectivity index (χ3v) is 1.67. The van der Waals surface area contributed by atoms with Crippen LogP contribution in [0.1, 0.15) is 20.3 Å². The van der Waals surface area contributed by atoms with Gasteiger partial charge in [-0.2, -0.15) is 0 Å². The van der Waals surface area contributed by atoms with Crippen LogP contribution in [-0.4, -0.2) is 31.2 Å². The monoisotopic (exact) mass is 194 g/mol. The molecule has 0 saturated heterocycles. The van der Waals surface area contributed by atoms with Crippen LogP contribution in [0.15, 0.2) is 0 Å². The maximum Gasteiger partial charge on any atom is 0.323 e. The highest BCUT2D eigenvalue weighted by Crippen LogP contribution is 2.00. The molecule has 3 nitrogen and oxygen atoms in total. The lowest BCUT2D eigenvalue weighted by atomic mass is 10.3. The Bertz CT molecular complexity index is 136. The fourth-order valence-corrected chi connectivity index (χ4v) is 0.621. The Labute approximate surface area is 78.0 Å². The van der Waals surface area contributed by atoms with Crippen LogP contribution in [0.4, 0.5) is 0 Å². The Balaban J connectivity index is 3.37. The SMILES string of the molecule is CO[C@H](C)CCOC(=O)[C@@H](C)Cl. The zero-order chi connectivity index (χ0) is 9.56. The molecule has 0 amide bonds. The van der Waals surface area contributed by atoms with Gasteiger partial charge in [0.05, 0.1) is 12.7 Å². The highest BCUT2D eigenvalue weighted by atomic mass is 35.5. The molecular weight excluding hydrogens is 180 g/mol. The van der Waals surface area contributed by atoms with Crippen LogP contribution in [0.25, 0.3) is 0 Å². The first-order valence-corrected chi connectivity index (χ1v) is 4.35. The minimum absolute atomic E-state index is 0.114. The lowest BCUT2D eigenvalue weighted by molar-refractivity contribution is -0.143. The number of halogens is 1. The van der Waals surface area contributed by atoms with Gasteiger partial charge in [-0.25, -0.2) is 0 Å². The molecule has 0 heterocycles. The van der Waals surface area contributed by atoms with Gasteiger partial charge in [0, 0.05) is 13.5 Å². The molecule has 0 aromatic carbocycles. The molecule has 0 rings (SSSR count). The van der Waals surface area contributed by atoms with Crippen molar-refractivity contribution in [3.8, 4) is 0 Å². The first-order chi connectivity index (χ1) is 5.57. The Hall–Kier alpha value is -0.280. The van der Waals surface area contributed by atoms with Crippen molar-refractivity contribution in [2.75, 3.05) is 13.7 Å². The van der Waals surface area contributed by atoms with E-state index in [1.54, 1.807) is 14.0 Å². The molecule has 0 unspecified atom stereocenters. The summed E-state index contributed by atoms with van der Waals surface area (Å²) in [5.74, 6) is -0.375. The van der Waals surface area contributed by atoms with Gasteiger partial charge in [-0.1, -0.05) is 0 Å². The molecule has 0 N–H and O–H groups in total. The van der Waals surface area contributed by atoms with Crippen molar-refractivity contribution in [3.63, 3.8) is 0 Å². The van der Waals surface area contributed by atoms with E-state index in [1.807, 2.05) is 6.92 Å². The van der Waals surface area contributed by atoms with E-state index in [0.29, 0.717) is 13.0 Å². The van der Waals surface area contributed by atoms with Crippen molar-refractivity contribution in [3.05, 3.63) is 0 Å². The lowest BCUT2D eigenvalue weighted by Gasteiger charge is -2.09. The molecule has 12 heavy (non-hydrogen) atoms. The first-order valence-electron chi connectivity index (χ1n) is 3.91. The number of carbonyl (C=O) groups excluding carboxylic acids is 1. The van der Waals surface area contributed by atoms with Crippen LogP contribution in [-0.2, 0) is 14.3 Å². The average Bonchev–Trinajstić information content (AvgIpc) is 2.03. The predicted octanol–water partition coefficient (Wildman–Crippen LogP) is 1.58. The summed E-state index contributed by atoms with van der Waals surface area (Å²) in [4.78, 5) is 10.8. The van der Waals surface area contributed by atoms with Gasteiger partial charge in [0.25, 0.3) is 0 Å². The van der Waals surface area contributed by atoms with E-state index in [4.69, 9.17) is 21.1 Å². The summed E-state index contributed by atoms with van der Waals surface area (Å²) in [6, 6.07) is 0. The zero-order valence-electron chi connectivity index (χ0n) is 7.67. The number of carbonyl (C=O) groups is 1. The molecule has 0 spiro atoms. The fourth-order valence-electron chi connectivity index (χ4n) is 0.558. The summed E-state index contributed by atoms with van der Waals surface area (Å²) in [6.07, 6.45) is 0.815. The lowest BCUT2D eigenvalue weighted by Crippen LogP contribution is -2.17. The number of hydrogen-bond acceptors (Lipinski definition) is 3. The summed E-state index contributed by atoms with van der Waals surface area (Å²) >= 11 is 5.47. The standard InChI is InChI=1S/C8H15ClO3/c1-6(11-3)4-5-12-8(10)7(2)9/h6-7H,4-5H2,1-3H3/t6-,7-/m1/s1. The number of esters is 1. The molecule has 0 aliphatic carbocycles. The second-order valence-electron chi connectivity index (χ2n) is 2.62. The van der Waals surface area contributed by atoms with E-state index < -0.39 is 5.38 Å². The molecule has 0 aliphatic rings. The van der Waals surface area contributed by atoms with Crippen LogP contribution >= 0.6 is 11.6 Å². The average molecular weight is 195 g/mol. The molecule has 0 aromatic heterocycles. The zero-order valence-corrected chi connectivity index (χ0v) is 8.43. The smallest absolute Gasteiger partial charge is 0.323 e. The third-order valence-electron chi connectivity index (χ3n) is 1.50. The van der Waals surface area contributed by atoms with Crippen molar-refractivity contribution in [2.45, 2.75) is 31.7 Å². The number of ether oxygens (including phenoxy) is 2. The second-order valence-corrected chi connectivity index (χ2v) is 3.27. The van der Waals surface area contributed by atoms with Crippen LogP contribution in [0, 0.1) is 0 Å². The Morgan fingerprint density at radius 2 is 2.08 bits per heavy atom. The molecule has 2 atom stereocenters. The maximum atomic E-state index is 10.8. The quantitative estimate of drug-likeness (QED) is 0.493. The summed E-state index contributed by atoms with van der Waals surface area (Å²) in [7, 11) is 1.62. The second kappa shape index (κ2) is 6.26. The Morgan fingerprint density at radius 3 is 2.50 bits per heavy atom. The molecule has 4 heteroatoms. The number of hydrogen-bond donors (Lipinski definition) is 0. The summed E-state index contributed by atoms with van der Waals surface area (Å²) in [5.41, 5.74) is 0. The first kappa shape index (κ1) is 11.7. The summed E-state index contributed by atoms with van der Waals surface area (Å²) in [6.45, 7) is 3.87. The van der Waals surface area contributed by atoms with Crippen molar-refractivity contribution in [1.29, 1.82) is 0 Å². The highest BCUT2D eigenvalue weighted by molar-refractivity contribution is 6.29. The van der Waals surface area contributed by atoms with Crippen LogP contribution in [0.2, 0.25) is 0 Å². The van der Waals surface area contributed by atoms with Crippen LogP contribution < -0.4 is 0 Å². The van der Waals surface area contributed by atoms with E-state index in [-0.39, 0.29) is 12.1 Å². The van der Waals surface area contributed by atoms with Gasteiger partial charge in [0.15, 0.2) is 0 Å². The normalized spacial score (nSPS) is 15.3. The molecule has 72 valence electrons. The largest absolute Gasteiger partial charge is 0.464 e. The maximum absolute atomic E-state index is 10.8. The fraction of sp³-hybridized carbons (Fsp3) is 0.875. The van der Waals surface area contributed by atoms with Gasteiger partial charge in [-0.3, -0.25) is 4.79 Å². The topological polar surface area (TPSA) is 35.5 Å². The molecule has 0 saturated carbocycles. The molecular formula is C8H15ClO3. The minimum atomic E-state index is -0.567. The van der Waals surface area contributed by atoms with Crippen LogP contribution in [0.3, 0.4) is 0 Å².